The molecule has 38 heteroatoms. The van der Waals surface area contributed by atoms with E-state index in [1.165, 1.54) is 0 Å². The van der Waals surface area contributed by atoms with Gasteiger partial charge in [-0.1, -0.05) is 0 Å². The van der Waals surface area contributed by atoms with Gasteiger partial charge in [-0.3, -0.25) is 57.5 Å². The molecule has 8 N–H and O–H groups in total. The van der Waals surface area contributed by atoms with Crippen LogP contribution >= 0.6 is 0 Å². The summed E-state index contributed by atoms with van der Waals surface area (Å²) in [4.78, 5) is 141. The molecule has 0 bridgehead atoms. The first-order chi connectivity index (χ1) is 47.4. The van der Waals surface area contributed by atoms with Gasteiger partial charge >= 0.3 is 77.3 Å². The zero-order valence-electron chi connectivity index (χ0n) is 61.2. The first kappa shape index (κ1) is 102. The number of ether oxygens (including phenoxy) is 17. The second-order valence-corrected chi connectivity index (χ2v) is 23.6. The van der Waals surface area contributed by atoms with Gasteiger partial charge in [-0.2, -0.15) is 0 Å². The fourth-order valence-corrected chi connectivity index (χ4v) is 7.55. The predicted molar refractivity (Wildman–Crippen MR) is 350 cm³/mol. The zero-order chi connectivity index (χ0) is 75.4. The molecule has 4 amide bonds. The van der Waals surface area contributed by atoms with Gasteiger partial charge < -0.3 is 123 Å². The molecule has 0 aromatic rings. The van der Waals surface area contributed by atoms with Gasteiger partial charge in [-0.25, -0.2) is 0 Å². The summed E-state index contributed by atoms with van der Waals surface area (Å²) in [7, 11) is 0. The van der Waals surface area contributed by atoms with E-state index in [1.807, 2.05) is 20.8 Å². The quantitative estimate of drug-likeness (QED) is 0.0143. The maximum Gasteiger partial charge on any atom is 1.00 e. The molecule has 0 saturated carbocycles. The van der Waals surface area contributed by atoms with Crippen molar-refractivity contribution in [3.05, 3.63) is 0 Å². The number of esters is 5. The summed E-state index contributed by atoms with van der Waals surface area (Å²) in [5.41, 5.74) is -3.85. The van der Waals surface area contributed by atoms with Gasteiger partial charge in [-0.15, -0.1) is 0 Å². The molecule has 0 aromatic carbocycles. The van der Waals surface area contributed by atoms with E-state index in [0.717, 1.165) is 0 Å². The fraction of sp³-hybridized carbons (Fsp3) is 0.812. The largest absolute Gasteiger partial charge is 1.00 e. The van der Waals surface area contributed by atoms with Gasteiger partial charge in [0.05, 0.1) is 177 Å². The normalized spacial score (nSPS) is 11.3. The Bertz CT molecular complexity index is 2200. The van der Waals surface area contributed by atoms with Crippen molar-refractivity contribution in [1.29, 1.82) is 0 Å². The Morgan fingerprint density at radius 1 is 0.304 bits per heavy atom. The van der Waals surface area contributed by atoms with E-state index >= 15 is 0 Å². The van der Waals surface area contributed by atoms with Crippen molar-refractivity contribution in [3.8, 4) is 0 Å². The van der Waals surface area contributed by atoms with Crippen molar-refractivity contribution >= 4 is 71.4 Å². The minimum Gasteiger partial charge on any atom is -0.870 e. The molecule has 0 atom stereocenters. The molecule has 37 nitrogen and oxygen atoms in total. The molecule has 0 saturated heterocycles. The minimum absolute atomic E-state index is 0. The van der Waals surface area contributed by atoms with E-state index in [-0.39, 0.29) is 230 Å². The number of amides is 4. The monoisotopic (exact) mass is 1490 g/mol. The van der Waals surface area contributed by atoms with Crippen LogP contribution in [0.15, 0.2) is 0 Å². The molecular weight excluding hydrogens is 1380 g/mol. The third kappa shape index (κ3) is 68.5. The van der Waals surface area contributed by atoms with Crippen molar-refractivity contribution in [2.24, 2.45) is 0 Å². The standard InChI is InChI=1S/C35H62N2O16.C29H50N2O16.Na.H2O/c1-7-50-30(40)12-17-46-25-35(26-47-18-13-31(41)51-8-2,27-48-19-14-32(42)52-9-3)37-29(39)24-49-23-28(38)36-15-20-45-22-21-44-16-10-11-33(43)53-34(4,5)6;1-28(2,3)47-27(40)5-4-10-41-15-16-42-14-9-30-22(32)17-46-18-23(33)31-29(19-43-11-6-24(34)35,20-44-12-7-25(36)37)21-45-13-8-26(38)39;;/h7-27H2,1-6H3,(H,36,38)(H,37,39);4-21H2,1-3H3,(H,30,32)(H,31,33)(H,34,35)(H,36,37)(H,38,39);;1H2/q;;+1;/p-1. The van der Waals surface area contributed by atoms with Crippen LogP contribution in [0.4, 0.5) is 0 Å². The maximum atomic E-state index is 13.0. The van der Waals surface area contributed by atoms with Gasteiger partial charge in [0, 0.05) is 39.1 Å². The second kappa shape index (κ2) is 64.7. The Morgan fingerprint density at radius 2 is 0.559 bits per heavy atom. The number of nitrogens with one attached hydrogen (secondary N) is 4. The van der Waals surface area contributed by atoms with Gasteiger partial charge in [0.1, 0.15) is 48.7 Å². The Balaban J connectivity index is -0.000000930. The first-order valence-electron chi connectivity index (χ1n) is 33.0. The Kier molecular flexibility index (Phi) is 65.0. The summed E-state index contributed by atoms with van der Waals surface area (Å²) in [5.74, 6) is -7.66. The topological polar surface area (TPSA) is 501 Å². The number of hydrogen-bond donors (Lipinski definition) is 7. The molecule has 0 heterocycles. The average Bonchev–Trinajstić information content (AvgIpc) is 0.861. The van der Waals surface area contributed by atoms with Crippen LogP contribution in [-0.2, 0) is 138 Å². The van der Waals surface area contributed by atoms with Gasteiger partial charge in [0.15, 0.2) is 0 Å². The van der Waals surface area contributed by atoms with Crippen molar-refractivity contribution in [2.45, 2.75) is 149 Å². The molecule has 0 aliphatic rings. The van der Waals surface area contributed by atoms with E-state index in [0.29, 0.717) is 45.9 Å². The van der Waals surface area contributed by atoms with E-state index in [1.54, 1.807) is 41.5 Å². The summed E-state index contributed by atoms with van der Waals surface area (Å²) in [6.07, 6.45) is 0.440. The zero-order valence-corrected chi connectivity index (χ0v) is 63.2. The van der Waals surface area contributed by atoms with Crippen LogP contribution in [0.25, 0.3) is 0 Å². The SMILES string of the molecule is CC(C)(C)OC(=O)CCCOCCOCCNC(=O)COCC(=O)NC(COCCC(=O)O)(COCCC(=O)O)COCCC(=O)O.CCOC(=O)CCOCC(COCCC(=O)OCC)(COCCC(=O)OCC)NC(=O)COCC(=O)NCCOCCOCCCC(=O)OC(C)(C)C.[Na+].[OH-]. The molecule has 102 heavy (non-hydrogen) atoms. The van der Waals surface area contributed by atoms with Crippen LogP contribution in [0, 0.1) is 0 Å². The van der Waals surface area contributed by atoms with Crippen LogP contribution in [0.5, 0.6) is 0 Å². The van der Waals surface area contributed by atoms with Gasteiger partial charge in [0.25, 0.3) is 0 Å². The number of hydrogen-bond acceptors (Lipinski definition) is 30. The molecule has 0 spiro atoms. The molecule has 588 valence electrons. The summed E-state index contributed by atoms with van der Waals surface area (Å²) in [5, 5.41) is 37.1. The van der Waals surface area contributed by atoms with Crippen LogP contribution in [0.3, 0.4) is 0 Å². The van der Waals surface area contributed by atoms with Crippen LogP contribution in [-0.4, -0.2) is 306 Å². The average molecular weight is 1490 g/mol. The van der Waals surface area contributed by atoms with Gasteiger partial charge in [0.2, 0.25) is 23.6 Å². The minimum atomic E-state index is -1.46. The third-order valence-electron chi connectivity index (χ3n) is 11.7. The van der Waals surface area contributed by atoms with E-state index < -0.39 is 108 Å². The summed E-state index contributed by atoms with van der Waals surface area (Å²) < 4.78 is 90.6. The van der Waals surface area contributed by atoms with Crippen LogP contribution in [0.2, 0.25) is 0 Å². The summed E-state index contributed by atoms with van der Waals surface area (Å²) >= 11 is 0. The molecule has 0 radical (unpaired) electrons. The van der Waals surface area contributed by atoms with Crippen molar-refractivity contribution in [1.82, 2.24) is 21.3 Å². The Hall–Kier alpha value is -5.88. The van der Waals surface area contributed by atoms with Crippen LogP contribution in [0.1, 0.15) is 127 Å². The number of aliphatic carboxylic acids is 3. The van der Waals surface area contributed by atoms with E-state index in [2.05, 4.69) is 21.3 Å². The Morgan fingerprint density at radius 3 is 0.814 bits per heavy atom. The molecule has 0 aliphatic heterocycles. The van der Waals surface area contributed by atoms with Crippen molar-refractivity contribution in [2.75, 3.05) is 191 Å². The second-order valence-electron chi connectivity index (χ2n) is 23.6. The molecular formula is C64H113N4NaO33. The fourth-order valence-electron chi connectivity index (χ4n) is 7.55. The van der Waals surface area contributed by atoms with E-state index in [4.69, 9.17) is 95.8 Å². The van der Waals surface area contributed by atoms with Crippen LogP contribution < -0.4 is 50.8 Å². The Labute approximate surface area is 618 Å². The molecule has 0 aliphatic carbocycles. The van der Waals surface area contributed by atoms with Gasteiger partial charge in [-0.05, 0) is 75.2 Å². The van der Waals surface area contributed by atoms with E-state index in [9.17, 15) is 57.5 Å². The number of rotatable bonds is 63. The molecule has 0 unspecified atom stereocenters. The number of carboxylic acid groups (broad SMARTS) is 3. The third-order valence-corrected chi connectivity index (χ3v) is 11.7. The maximum absolute atomic E-state index is 13.0. The van der Waals surface area contributed by atoms with Crippen molar-refractivity contribution < 1.29 is 188 Å². The number of carbonyl (C=O) groups is 12. The van der Waals surface area contributed by atoms with Crippen molar-refractivity contribution in [3.63, 3.8) is 0 Å². The summed E-state index contributed by atoms with van der Waals surface area (Å²) in [6.45, 7) is 15.0. The predicted octanol–water partition coefficient (Wildman–Crippen LogP) is -2.53. The smallest absolute Gasteiger partial charge is 0.870 e. The molecule has 0 aromatic heterocycles. The number of carboxylic acids is 3. The summed E-state index contributed by atoms with van der Waals surface area (Å²) in [6, 6.07) is 0. The molecule has 0 rings (SSSR count). The number of carbonyl (C=O) groups excluding carboxylic acids is 9. The molecule has 0 fully saturated rings. The first-order valence-corrected chi connectivity index (χ1v) is 33.0.